The molecule has 1 aliphatic rings. The van der Waals surface area contributed by atoms with Crippen LogP contribution in [0, 0.1) is 5.92 Å². The van der Waals surface area contributed by atoms with E-state index in [2.05, 4.69) is 24.0 Å². The van der Waals surface area contributed by atoms with E-state index in [9.17, 15) is 8.42 Å². The summed E-state index contributed by atoms with van der Waals surface area (Å²) in [6.45, 7) is 4.93. The summed E-state index contributed by atoms with van der Waals surface area (Å²) in [6.07, 6.45) is 4.25. The number of hydrogen-bond donors (Lipinski definition) is 2. The highest BCUT2D eigenvalue weighted by atomic mass is 32.2. The van der Waals surface area contributed by atoms with Gasteiger partial charge in [-0.15, -0.1) is 0 Å². The van der Waals surface area contributed by atoms with Crippen molar-refractivity contribution in [3.8, 4) is 0 Å². The van der Waals surface area contributed by atoms with Gasteiger partial charge in [0.1, 0.15) is 0 Å². The van der Waals surface area contributed by atoms with Crippen LogP contribution >= 0.6 is 0 Å². The Hall–Kier alpha value is -0.920. The van der Waals surface area contributed by atoms with Crippen LogP contribution in [0.3, 0.4) is 0 Å². The second-order valence-electron chi connectivity index (χ2n) is 5.46. The first-order valence-electron chi connectivity index (χ1n) is 6.71. The van der Waals surface area contributed by atoms with Crippen molar-refractivity contribution < 1.29 is 8.42 Å². The van der Waals surface area contributed by atoms with E-state index in [4.69, 9.17) is 5.73 Å². The van der Waals surface area contributed by atoms with Gasteiger partial charge in [-0.2, -0.15) is 9.40 Å². The number of sulfonamides is 1. The maximum Gasteiger partial charge on any atom is 0.260 e. The Morgan fingerprint density at radius 2 is 2.21 bits per heavy atom. The molecule has 2 rings (SSSR count). The molecular formula is C12H22N4O2S. The van der Waals surface area contributed by atoms with Crippen molar-refractivity contribution in [1.29, 1.82) is 0 Å². The van der Waals surface area contributed by atoms with Crippen LogP contribution in [-0.2, 0) is 16.6 Å². The summed E-state index contributed by atoms with van der Waals surface area (Å²) in [5, 5.41) is 6.55. The molecule has 108 valence electrons. The number of hydrogen-bond acceptors (Lipinski definition) is 4. The second-order valence-corrected chi connectivity index (χ2v) is 7.29. The molecule has 1 heterocycles. The molecule has 1 aromatic heterocycles. The number of nitrogens with zero attached hydrogens (tertiary/aromatic N) is 2. The normalized spacial score (nSPS) is 16.5. The Morgan fingerprint density at radius 3 is 2.74 bits per heavy atom. The molecule has 0 aliphatic heterocycles. The Bertz CT molecular complexity index is 520. The van der Waals surface area contributed by atoms with Crippen LogP contribution in [0.4, 0.5) is 0 Å². The van der Waals surface area contributed by atoms with Gasteiger partial charge in [-0.05, 0) is 25.2 Å². The summed E-state index contributed by atoms with van der Waals surface area (Å²) in [7, 11) is -3.50. The third-order valence-corrected chi connectivity index (χ3v) is 5.31. The van der Waals surface area contributed by atoms with E-state index in [1.807, 2.05) is 0 Å². The predicted octanol–water partition coefficient (Wildman–Crippen LogP) is 1.07. The van der Waals surface area contributed by atoms with Gasteiger partial charge in [0.2, 0.25) is 0 Å². The highest BCUT2D eigenvalue weighted by molar-refractivity contribution is 7.89. The molecule has 6 nitrogen and oxygen atoms in total. The molecule has 0 unspecified atom stereocenters. The van der Waals surface area contributed by atoms with Crippen LogP contribution < -0.4 is 5.73 Å². The van der Waals surface area contributed by atoms with Gasteiger partial charge in [0.05, 0.1) is 6.20 Å². The van der Waals surface area contributed by atoms with Gasteiger partial charge in [-0.25, -0.2) is 8.42 Å². The van der Waals surface area contributed by atoms with E-state index in [1.54, 1.807) is 4.31 Å². The highest BCUT2D eigenvalue weighted by Crippen LogP contribution is 2.32. The molecule has 0 amide bonds. The van der Waals surface area contributed by atoms with Gasteiger partial charge >= 0.3 is 0 Å². The molecule has 0 spiro atoms. The second kappa shape index (κ2) is 5.60. The maximum absolute atomic E-state index is 12.7. The highest BCUT2D eigenvalue weighted by Gasteiger charge is 2.39. The summed E-state index contributed by atoms with van der Waals surface area (Å²) in [5.41, 5.74) is 6.11. The van der Waals surface area contributed by atoms with E-state index in [1.165, 1.54) is 6.20 Å². The Kier molecular flexibility index (Phi) is 4.27. The Labute approximate surface area is 114 Å². The van der Waals surface area contributed by atoms with Crippen LogP contribution in [-0.4, -0.2) is 35.5 Å². The average Bonchev–Trinajstić information content (AvgIpc) is 3.04. The van der Waals surface area contributed by atoms with Crippen molar-refractivity contribution in [1.82, 2.24) is 14.5 Å². The predicted molar refractivity (Wildman–Crippen MR) is 72.8 cm³/mol. The van der Waals surface area contributed by atoms with Crippen molar-refractivity contribution in [3.63, 3.8) is 0 Å². The fourth-order valence-corrected chi connectivity index (χ4v) is 3.85. The first-order valence-corrected chi connectivity index (χ1v) is 8.15. The minimum atomic E-state index is -3.50. The molecule has 0 bridgehead atoms. The quantitative estimate of drug-likeness (QED) is 0.784. The zero-order valence-corrected chi connectivity index (χ0v) is 12.3. The van der Waals surface area contributed by atoms with Crippen LogP contribution in [0.15, 0.2) is 11.2 Å². The molecule has 3 N–H and O–H groups in total. The van der Waals surface area contributed by atoms with Crippen molar-refractivity contribution in [2.75, 3.05) is 6.54 Å². The van der Waals surface area contributed by atoms with Gasteiger partial charge < -0.3 is 5.73 Å². The van der Waals surface area contributed by atoms with Crippen molar-refractivity contribution >= 4 is 10.0 Å². The molecule has 1 aliphatic carbocycles. The molecule has 1 saturated carbocycles. The third-order valence-electron chi connectivity index (χ3n) is 3.35. The minimum Gasteiger partial charge on any atom is -0.326 e. The fourth-order valence-electron chi connectivity index (χ4n) is 2.03. The van der Waals surface area contributed by atoms with E-state index < -0.39 is 10.0 Å². The smallest absolute Gasteiger partial charge is 0.260 e. The zero-order chi connectivity index (χ0) is 14.0. The van der Waals surface area contributed by atoms with Crippen LogP contribution in [0.5, 0.6) is 0 Å². The number of nitrogens with two attached hydrogens (primary N) is 1. The number of aromatic amines is 1. The molecule has 0 atom stereocenters. The molecule has 0 saturated heterocycles. The first kappa shape index (κ1) is 14.5. The van der Waals surface area contributed by atoms with E-state index in [0.717, 1.165) is 19.3 Å². The van der Waals surface area contributed by atoms with Gasteiger partial charge in [0.15, 0.2) is 5.03 Å². The maximum atomic E-state index is 12.7. The van der Waals surface area contributed by atoms with Crippen LogP contribution in [0.2, 0.25) is 0 Å². The number of nitrogens with one attached hydrogen (secondary N) is 1. The standard InChI is InChI=1S/C12H22N4O2S/c1-9(2)5-6-16(11-3-4-11)19(17,18)12-10(7-13)8-14-15-12/h8-9,11H,3-7,13H2,1-2H3,(H,14,15). The van der Waals surface area contributed by atoms with Crippen molar-refractivity contribution in [3.05, 3.63) is 11.8 Å². The molecule has 0 aromatic carbocycles. The summed E-state index contributed by atoms with van der Waals surface area (Å²) in [5.74, 6) is 0.479. The monoisotopic (exact) mass is 286 g/mol. The van der Waals surface area contributed by atoms with Crippen molar-refractivity contribution in [2.45, 2.75) is 50.7 Å². The molecule has 1 aromatic rings. The lowest BCUT2D eigenvalue weighted by Crippen LogP contribution is -2.35. The Balaban J connectivity index is 2.24. The molecular weight excluding hydrogens is 264 g/mol. The van der Waals surface area contributed by atoms with E-state index in [-0.39, 0.29) is 17.6 Å². The lowest BCUT2D eigenvalue weighted by Gasteiger charge is -2.22. The number of H-pyrrole nitrogens is 1. The Morgan fingerprint density at radius 1 is 1.53 bits per heavy atom. The zero-order valence-electron chi connectivity index (χ0n) is 11.5. The lowest BCUT2D eigenvalue weighted by molar-refractivity contribution is 0.371. The first-order chi connectivity index (χ1) is 8.96. The molecule has 0 radical (unpaired) electrons. The van der Waals surface area contributed by atoms with Gasteiger partial charge in [0.25, 0.3) is 10.0 Å². The topological polar surface area (TPSA) is 92.1 Å². The molecule has 19 heavy (non-hydrogen) atoms. The largest absolute Gasteiger partial charge is 0.326 e. The summed E-state index contributed by atoms with van der Waals surface area (Å²) >= 11 is 0. The molecule has 1 fully saturated rings. The van der Waals surface area contributed by atoms with Gasteiger partial charge in [0, 0.05) is 24.7 Å². The van der Waals surface area contributed by atoms with E-state index >= 15 is 0 Å². The minimum absolute atomic E-state index is 0.151. The van der Waals surface area contributed by atoms with E-state index in [0.29, 0.717) is 18.0 Å². The van der Waals surface area contributed by atoms with Gasteiger partial charge in [-0.1, -0.05) is 13.8 Å². The summed E-state index contributed by atoms with van der Waals surface area (Å²) in [6, 6.07) is 0.151. The summed E-state index contributed by atoms with van der Waals surface area (Å²) in [4.78, 5) is 0. The third kappa shape index (κ3) is 3.16. The van der Waals surface area contributed by atoms with Crippen LogP contribution in [0.1, 0.15) is 38.7 Å². The number of rotatable bonds is 7. The average molecular weight is 286 g/mol. The van der Waals surface area contributed by atoms with Gasteiger partial charge in [-0.3, -0.25) is 5.10 Å². The molecule has 7 heteroatoms. The SMILES string of the molecule is CC(C)CCN(C1CC1)S(=O)(=O)c1[nH]ncc1CN. The fraction of sp³-hybridized carbons (Fsp3) is 0.750. The lowest BCUT2D eigenvalue weighted by atomic mass is 10.1. The van der Waals surface area contributed by atoms with Crippen molar-refractivity contribution in [2.24, 2.45) is 11.7 Å². The number of aromatic nitrogens is 2. The summed E-state index contributed by atoms with van der Waals surface area (Å²) < 4.78 is 26.9. The van der Waals surface area contributed by atoms with Crippen LogP contribution in [0.25, 0.3) is 0 Å².